The maximum atomic E-state index is 5.16. The molecule has 2 rings (SSSR count). The third kappa shape index (κ3) is 2.92. The fourth-order valence-corrected chi connectivity index (χ4v) is 1.77. The van der Waals surface area contributed by atoms with E-state index >= 15 is 0 Å². The van der Waals surface area contributed by atoms with E-state index in [1.54, 1.807) is 7.11 Å². The standard InChI is InChI=1S/C13H16N2O.C2H6/c1-10(16-3)12-9-11(15-7-4-8-15)5-6-13(12)14-2;1-2/h5-6,9H,1-2,4,7-8H2,3H3;1-2H3. The maximum absolute atomic E-state index is 5.16. The first-order valence-corrected chi connectivity index (χ1v) is 6.35. The molecule has 0 radical (unpaired) electrons. The van der Waals surface area contributed by atoms with E-state index in [4.69, 9.17) is 4.74 Å². The topological polar surface area (TPSA) is 24.8 Å². The van der Waals surface area contributed by atoms with Gasteiger partial charge in [0.2, 0.25) is 0 Å². The maximum Gasteiger partial charge on any atom is 0.121 e. The average Bonchev–Trinajstić information content (AvgIpc) is 2.38. The predicted molar refractivity (Wildman–Crippen MR) is 79.9 cm³/mol. The third-order valence-electron chi connectivity index (χ3n) is 2.92. The minimum absolute atomic E-state index is 0.629. The number of hydrogen-bond donors (Lipinski definition) is 0. The number of rotatable bonds is 4. The number of anilines is 1. The van der Waals surface area contributed by atoms with E-state index < -0.39 is 0 Å². The van der Waals surface area contributed by atoms with Gasteiger partial charge in [0.25, 0.3) is 0 Å². The van der Waals surface area contributed by atoms with Crippen LogP contribution in [0.25, 0.3) is 5.76 Å². The van der Waals surface area contributed by atoms with Gasteiger partial charge in [-0.25, -0.2) is 0 Å². The first kappa shape index (κ1) is 14.3. The Morgan fingerprint density at radius 2 is 2.00 bits per heavy atom. The van der Waals surface area contributed by atoms with Crippen molar-refractivity contribution in [3.8, 4) is 0 Å². The molecule has 0 bridgehead atoms. The van der Waals surface area contributed by atoms with Crippen LogP contribution >= 0.6 is 0 Å². The molecule has 0 aromatic heterocycles. The highest BCUT2D eigenvalue weighted by atomic mass is 16.5. The van der Waals surface area contributed by atoms with E-state index in [1.165, 1.54) is 12.1 Å². The van der Waals surface area contributed by atoms with Crippen molar-refractivity contribution in [1.82, 2.24) is 0 Å². The van der Waals surface area contributed by atoms with Gasteiger partial charge in [-0.3, -0.25) is 4.99 Å². The van der Waals surface area contributed by atoms with Crippen LogP contribution in [0, 0.1) is 0 Å². The van der Waals surface area contributed by atoms with Crippen molar-refractivity contribution in [2.75, 3.05) is 25.1 Å². The quantitative estimate of drug-likeness (QED) is 0.595. The lowest BCUT2D eigenvalue weighted by Crippen LogP contribution is -2.36. The molecule has 3 heteroatoms. The third-order valence-corrected chi connectivity index (χ3v) is 2.92. The number of hydrogen-bond acceptors (Lipinski definition) is 3. The summed E-state index contributed by atoms with van der Waals surface area (Å²) in [5.41, 5.74) is 2.94. The van der Waals surface area contributed by atoms with E-state index in [9.17, 15) is 0 Å². The molecule has 0 N–H and O–H groups in total. The van der Waals surface area contributed by atoms with E-state index in [0.717, 1.165) is 24.3 Å². The van der Waals surface area contributed by atoms with E-state index in [1.807, 2.05) is 19.9 Å². The lowest BCUT2D eigenvalue weighted by Gasteiger charge is -2.33. The minimum Gasteiger partial charge on any atom is -0.497 e. The van der Waals surface area contributed by atoms with Crippen molar-refractivity contribution < 1.29 is 4.74 Å². The summed E-state index contributed by atoms with van der Waals surface area (Å²) in [5, 5.41) is 0. The van der Waals surface area contributed by atoms with Gasteiger partial charge in [-0.1, -0.05) is 20.4 Å². The second kappa shape index (κ2) is 6.84. The smallest absolute Gasteiger partial charge is 0.121 e. The summed E-state index contributed by atoms with van der Waals surface area (Å²) in [6.07, 6.45) is 1.27. The fraction of sp³-hybridized carbons (Fsp3) is 0.400. The first-order chi connectivity index (χ1) is 8.76. The van der Waals surface area contributed by atoms with Crippen LogP contribution in [0.4, 0.5) is 11.4 Å². The summed E-state index contributed by atoms with van der Waals surface area (Å²) in [5.74, 6) is 0.629. The van der Waals surface area contributed by atoms with Crippen molar-refractivity contribution in [3.05, 3.63) is 30.3 Å². The van der Waals surface area contributed by atoms with E-state index in [2.05, 4.69) is 35.3 Å². The monoisotopic (exact) mass is 246 g/mol. The van der Waals surface area contributed by atoms with Crippen molar-refractivity contribution >= 4 is 23.9 Å². The number of nitrogens with zero attached hydrogens (tertiary/aromatic N) is 2. The molecular formula is C15H22N2O. The highest BCUT2D eigenvalue weighted by Gasteiger charge is 2.16. The van der Waals surface area contributed by atoms with Gasteiger partial charge in [-0.15, -0.1) is 0 Å². The van der Waals surface area contributed by atoms with Crippen molar-refractivity contribution in [1.29, 1.82) is 0 Å². The zero-order valence-electron chi connectivity index (χ0n) is 11.6. The highest BCUT2D eigenvalue weighted by Crippen LogP contribution is 2.31. The molecule has 1 saturated heterocycles. The van der Waals surface area contributed by atoms with Gasteiger partial charge < -0.3 is 9.64 Å². The SMILES string of the molecule is C=Nc1ccc(N2CCC2)cc1C(=C)OC.CC. The number of benzene rings is 1. The predicted octanol–water partition coefficient (Wildman–Crippen LogP) is 3.87. The summed E-state index contributed by atoms with van der Waals surface area (Å²) in [6.45, 7) is 13.7. The van der Waals surface area contributed by atoms with Crippen LogP contribution in [0.3, 0.4) is 0 Å². The average molecular weight is 246 g/mol. The Morgan fingerprint density at radius 1 is 1.33 bits per heavy atom. The Labute approximate surface area is 110 Å². The second-order valence-corrected chi connectivity index (χ2v) is 3.83. The lowest BCUT2D eigenvalue weighted by atomic mass is 10.1. The van der Waals surface area contributed by atoms with Gasteiger partial charge in [-0.05, 0) is 31.3 Å². The van der Waals surface area contributed by atoms with E-state index in [-0.39, 0.29) is 0 Å². The lowest BCUT2D eigenvalue weighted by molar-refractivity contribution is 0.371. The molecule has 1 aromatic carbocycles. The summed E-state index contributed by atoms with van der Waals surface area (Å²) in [6, 6.07) is 6.09. The second-order valence-electron chi connectivity index (χ2n) is 3.83. The Morgan fingerprint density at radius 3 is 2.44 bits per heavy atom. The Balaban J connectivity index is 0.000000771. The van der Waals surface area contributed by atoms with Crippen molar-refractivity contribution in [2.24, 2.45) is 4.99 Å². The molecule has 0 amide bonds. The molecule has 0 aliphatic carbocycles. The van der Waals surface area contributed by atoms with Gasteiger partial charge in [0.05, 0.1) is 12.8 Å². The molecule has 1 aromatic rings. The first-order valence-electron chi connectivity index (χ1n) is 6.35. The van der Waals surface area contributed by atoms with Gasteiger partial charge in [-0.2, -0.15) is 0 Å². The van der Waals surface area contributed by atoms with Crippen molar-refractivity contribution in [3.63, 3.8) is 0 Å². The van der Waals surface area contributed by atoms with Gasteiger partial charge in [0.1, 0.15) is 5.76 Å². The molecule has 98 valence electrons. The summed E-state index contributed by atoms with van der Waals surface area (Å²) >= 11 is 0. The molecule has 1 fully saturated rings. The van der Waals surface area contributed by atoms with E-state index in [0.29, 0.717) is 5.76 Å². The molecule has 0 spiro atoms. The van der Waals surface area contributed by atoms with Crippen LogP contribution in [0.15, 0.2) is 29.8 Å². The molecule has 3 nitrogen and oxygen atoms in total. The Hall–Kier alpha value is -1.77. The molecule has 0 saturated carbocycles. The fourth-order valence-electron chi connectivity index (χ4n) is 1.77. The Bertz CT molecular complexity index is 423. The number of aliphatic imine (C=N–C) groups is 1. The molecule has 1 heterocycles. The zero-order chi connectivity index (χ0) is 13.5. The van der Waals surface area contributed by atoms with Gasteiger partial charge >= 0.3 is 0 Å². The molecule has 0 unspecified atom stereocenters. The molecule has 1 aliphatic rings. The van der Waals surface area contributed by atoms with Crippen LogP contribution in [0.1, 0.15) is 25.8 Å². The number of ether oxygens (including phenoxy) is 1. The molecule has 18 heavy (non-hydrogen) atoms. The van der Waals surface area contributed by atoms with Crippen LogP contribution < -0.4 is 4.90 Å². The largest absolute Gasteiger partial charge is 0.497 e. The van der Waals surface area contributed by atoms with Crippen LogP contribution in [-0.4, -0.2) is 26.9 Å². The minimum atomic E-state index is 0.629. The molecule has 0 atom stereocenters. The molecular weight excluding hydrogens is 224 g/mol. The normalized spacial score (nSPS) is 12.9. The molecule has 1 aliphatic heterocycles. The van der Waals surface area contributed by atoms with Crippen molar-refractivity contribution in [2.45, 2.75) is 20.3 Å². The summed E-state index contributed by atoms with van der Waals surface area (Å²) in [7, 11) is 1.62. The van der Waals surface area contributed by atoms with Gasteiger partial charge in [0.15, 0.2) is 0 Å². The summed E-state index contributed by atoms with van der Waals surface area (Å²) < 4.78 is 5.16. The zero-order valence-corrected chi connectivity index (χ0v) is 11.6. The van der Waals surface area contributed by atoms with Crippen LogP contribution in [-0.2, 0) is 4.74 Å². The summed E-state index contributed by atoms with van der Waals surface area (Å²) in [4.78, 5) is 6.29. The Kier molecular flexibility index (Phi) is 5.43. The number of methoxy groups -OCH3 is 1. The van der Waals surface area contributed by atoms with Crippen LogP contribution in [0.2, 0.25) is 0 Å². The van der Waals surface area contributed by atoms with Crippen LogP contribution in [0.5, 0.6) is 0 Å². The van der Waals surface area contributed by atoms with Gasteiger partial charge in [0, 0.05) is 24.3 Å². The highest BCUT2D eigenvalue weighted by molar-refractivity contribution is 5.74.